The van der Waals surface area contributed by atoms with E-state index in [1.807, 2.05) is 6.07 Å². The molecule has 186 valence electrons. The van der Waals surface area contributed by atoms with Crippen LogP contribution in [0.25, 0.3) is 22.3 Å². The Morgan fingerprint density at radius 2 is 1.86 bits per heavy atom. The number of halogens is 2. The molecule has 0 atom stereocenters. The number of benzene rings is 1. The van der Waals surface area contributed by atoms with Crippen molar-refractivity contribution in [1.82, 2.24) is 29.7 Å². The zero-order chi connectivity index (χ0) is 25.1. The number of hydrogen-bond acceptors (Lipinski definition) is 8. The standard InChI is InChI=1S/C25H25Cl2N7O2/c1-33-21(35)6-5-17-23(22-18(26)3-2-4-19(22)27)31-25(32-24(17)33)30-20-15-16(7-8-29-20)36-14-13-34-11-9-28-10-12-34/h2-8,15,28H,9-14H2,1H3,(H,29,30,31,32). The number of ether oxygens (including phenoxy) is 1. The lowest BCUT2D eigenvalue weighted by atomic mass is 10.1. The highest BCUT2D eigenvalue weighted by Crippen LogP contribution is 2.37. The summed E-state index contributed by atoms with van der Waals surface area (Å²) in [5.74, 6) is 1.44. The molecule has 1 aliphatic heterocycles. The Morgan fingerprint density at radius 3 is 2.64 bits per heavy atom. The third kappa shape index (κ3) is 5.29. The Bertz CT molecular complexity index is 1430. The lowest BCUT2D eigenvalue weighted by molar-refractivity contribution is 0.191. The second-order valence-corrected chi connectivity index (χ2v) is 9.22. The van der Waals surface area contributed by atoms with Crippen LogP contribution in [0.3, 0.4) is 0 Å². The molecule has 0 aliphatic carbocycles. The van der Waals surface area contributed by atoms with E-state index in [4.69, 9.17) is 32.9 Å². The second kappa shape index (κ2) is 10.8. The molecule has 0 saturated carbocycles. The van der Waals surface area contributed by atoms with Crippen LogP contribution in [-0.4, -0.2) is 63.7 Å². The molecule has 36 heavy (non-hydrogen) atoms. The van der Waals surface area contributed by atoms with Gasteiger partial charge in [0, 0.05) is 69.1 Å². The summed E-state index contributed by atoms with van der Waals surface area (Å²) in [4.78, 5) is 28.4. The molecular weight excluding hydrogens is 501 g/mol. The molecule has 0 spiro atoms. The van der Waals surface area contributed by atoms with Crippen LogP contribution in [0.4, 0.5) is 11.8 Å². The van der Waals surface area contributed by atoms with Crippen LogP contribution < -0.4 is 20.9 Å². The molecule has 1 saturated heterocycles. The van der Waals surface area contributed by atoms with E-state index in [0.717, 1.165) is 32.7 Å². The van der Waals surface area contributed by atoms with Crippen molar-refractivity contribution in [1.29, 1.82) is 0 Å². The maximum Gasteiger partial charge on any atom is 0.251 e. The zero-order valence-electron chi connectivity index (χ0n) is 19.7. The summed E-state index contributed by atoms with van der Waals surface area (Å²) in [6.45, 7) is 5.48. The molecule has 3 aromatic heterocycles. The molecule has 9 nitrogen and oxygen atoms in total. The van der Waals surface area contributed by atoms with E-state index in [1.54, 1.807) is 43.6 Å². The van der Waals surface area contributed by atoms with Crippen molar-refractivity contribution in [2.24, 2.45) is 7.05 Å². The highest BCUT2D eigenvalue weighted by atomic mass is 35.5. The van der Waals surface area contributed by atoms with Gasteiger partial charge in [-0.25, -0.2) is 9.97 Å². The summed E-state index contributed by atoms with van der Waals surface area (Å²) < 4.78 is 7.41. The fourth-order valence-corrected chi connectivity index (χ4v) is 4.70. The third-order valence-corrected chi connectivity index (χ3v) is 6.65. The van der Waals surface area contributed by atoms with Gasteiger partial charge in [0.05, 0.1) is 15.7 Å². The van der Waals surface area contributed by atoms with E-state index in [9.17, 15) is 4.79 Å². The molecule has 0 radical (unpaired) electrons. The molecule has 0 unspecified atom stereocenters. The zero-order valence-corrected chi connectivity index (χ0v) is 21.2. The van der Waals surface area contributed by atoms with Gasteiger partial charge in [0.1, 0.15) is 23.8 Å². The van der Waals surface area contributed by atoms with Gasteiger partial charge in [-0.1, -0.05) is 29.3 Å². The Balaban J connectivity index is 1.45. The number of pyridine rings is 2. The number of piperazine rings is 1. The molecule has 1 aliphatic rings. The molecule has 1 fully saturated rings. The minimum Gasteiger partial charge on any atom is -0.492 e. The number of aromatic nitrogens is 4. The first-order valence-corrected chi connectivity index (χ1v) is 12.4. The van der Waals surface area contributed by atoms with Gasteiger partial charge in [-0.2, -0.15) is 4.98 Å². The van der Waals surface area contributed by atoms with E-state index in [1.165, 1.54) is 10.6 Å². The van der Waals surface area contributed by atoms with Gasteiger partial charge in [0.25, 0.3) is 5.56 Å². The third-order valence-electron chi connectivity index (χ3n) is 6.02. The Hall–Kier alpha value is -3.24. The lowest BCUT2D eigenvalue weighted by Gasteiger charge is -2.26. The predicted molar refractivity (Wildman–Crippen MR) is 143 cm³/mol. The summed E-state index contributed by atoms with van der Waals surface area (Å²) in [5, 5.41) is 8.02. The first-order chi connectivity index (χ1) is 17.5. The van der Waals surface area contributed by atoms with Crippen molar-refractivity contribution in [3.63, 3.8) is 0 Å². The Morgan fingerprint density at radius 1 is 1.08 bits per heavy atom. The summed E-state index contributed by atoms with van der Waals surface area (Å²) in [7, 11) is 1.66. The van der Waals surface area contributed by atoms with Crippen LogP contribution in [0.5, 0.6) is 5.75 Å². The van der Waals surface area contributed by atoms with Crippen LogP contribution in [0, 0.1) is 0 Å². The Kier molecular flexibility index (Phi) is 7.33. The van der Waals surface area contributed by atoms with Crippen molar-refractivity contribution in [3.8, 4) is 17.0 Å². The Labute approximate surface area is 218 Å². The van der Waals surface area contributed by atoms with E-state index in [2.05, 4.69) is 25.5 Å². The predicted octanol–water partition coefficient (Wildman–Crippen LogP) is 3.72. The monoisotopic (exact) mass is 525 g/mol. The van der Waals surface area contributed by atoms with Crippen LogP contribution in [0.15, 0.2) is 53.5 Å². The first-order valence-electron chi connectivity index (χ1n) is 11.6. The second-order valence-electron chi connectivity index (χ2n) is 8.40. The summed E-state index contributed by atoms with van der Waals surface area (Å²) in [6, 6.07) is 12.0. The molecule has 2 N–H and O–H groups in total. The summed E-state index contributed by atoms with van der Waals surface area (Å²) >= 11 is 13.0. The van der Waals surface area contributed by atoms with E-state index in [0.29, 0.717) is 50.5 Å². The minimum atomic E-state index is -0.193. The number of hydrogen-bond donors (Lipinski definition) is 2. The normalized spacial score (nSPS) is 14.2. The molecule has 4 aromatic rings. The number of nitrogens with one attached hydrogen (secondary N) is 2. The van der Waals surface area contributed by atoms with Crippen molar-refractivity contribution < 1.29 is 4.74 Å². The van der Waals surface area contributed by atoms with Gasteiger partial charge in [0.15, 0.2) is 0 Å². The number of nitrogens with zero attached hydrogens (tertiary/aromatic N) is 5. The van der Waals surface area contributed by atoms with Crippen LogP contribution in [-0.2, 0) is 7.05 Å². The van der Waals surface area contributed by atoms with Crippen molar-refractivity contribution in [3.05, 3.63) is 69.1 Å². The van der Waals surface area contributed by atoms with Crippen molar-refractivity contribution in [2.45, 2.75) is 0 Å². The molecule has 1 aromatic carbocycles. The van der Waals surface area contributed by atoms with Gasteiger partial charge in [-0.3, -0.25) is 14.3 Å². The topological polar surface area (TPSA) is 97.2 Å². The SMILES string of the molecule is Cn1c(=O)ccc2c(-c3c(Cl)cccc3Cl)nc(Nc3cc(OCCN4CCNCC4)ccn3)nc21. The number of anilines is 2. The van der Waals surface area contributed by atoms with Gasteiger partial charge in [-0.15, -0.1) is 0 Å². The quantitative estimate of drug-likeness (QED) is 0.376. The lowest BCUT2D eigenvalue weighted by Crippen LogP contribution is -2.44. The van der Waals surface area contributed by atoms with E-state index >= 15 is 0 Å². The average Bonchev–Trinajstić information content (AvgIpc) is 2.87. The maximum atomic E-state index is 12.3. The summed E-state index contributed by atoms with van der Waals surface area (Å²) in [6.07, 6.45) is 1.66. The van der Waals surface area contributed by atoms with Gasteiger partial charge >= 0.3 is 0 Å². The minimum absolute atomic E-state index is 0.193. The van der Waals surface area contributed by atoms with E-state index in [-0.39, 0.29) is 11.5 Å². The smallest absolute Gasteiger partial charge is 0.251 e. The molecule has 11 heteroatoms. The van der Waals surface area contributed by atoms with Crippen molar-refractivity contribution in [2.75, 3.05) is 44.6 Å². The van der Waals surface area contributed by atoms with Crippen LogP contribution in [0.2, 0.25) is 10.0 Å². The van der Waals surface area contributed by atoms with Crippen molar-refractivity contribution >= 4 is 46.0 Å². The molecule has 4 heterocycles. The van der Waals surface area contributed by atoms with Gasteiger partial charge in [-0.05, 0) is 24.3 Å². The van der Waals surface area contributed by atoms with Crippen LogP contribution >= 0.6 is 23.2 Å². The number of aryl methyl sites for hydroxylation is 1. The van der Waals surface area contributed by atoms with Gasteiger partial charge in [0.2, 0.25) is 5.95 Å². The first kappa shape index (κ1) is 24.5. The highest BCUT2D eigenvalue weighted by molar-refractivity contribution is 6.39. The molecular formula is C25H25Cl2N7O2. The van der Waals surface area contributed by atoms with Gasteiger partial charge < -0.3 is 15.4 Å². The van der Waals surface area contributed by atoms with E-state index < -0.39 is 0 Å². The van der Waals surface area contributed by atoms with Crippen LogP contribution in [0.1, 0.15) is 0 Å². The summed E-state index contributed by atoms with van der Waals surface area (Å²) in [5.41, 5.74) is 1.32. The number of fused-ring (bicyclic) bond motifs is 1. The average molecular weight is 526 g/mol. The largest absolute Gasteiger partial charge is 0.492 e. The highest BCUT2D eigenvalue weighted by Gasteiger charge is 2.18. The molecule has 0 bridgehead atoms. The molecule has 5 rings (SSSR count). The molecule has 0 amide bonds. The fourth-order valence-electron chi connectivity index (χ4n) is 4.12. The maximum absolute atomic E-state index is 12.3. The number of rotatable bonds is 7. The fraction of sp³-hybridized carbons (Fsp3) is 0.280.